The normalized spacial score (nSPS) is 11.6. The summed E-state index contributed by atoms with van der Waals surface area (Å²) in [4.78, 5) is 4.24. The number of aliphatic imine (C=N–C) groups is 1. The minimum Gasteiger partial charge on any atom is -0.319 e. The minimum absolute atomic E-state index is 0.686. The quantitative estimate of drug-likeness (QED) is 0.454. The van der Waals surface area contributed by atoms with E-state index >= 15 is 0 Å². The first kappa shape index (κ1) is 9.63. The van der Waals surface area contributed by atoms with Crippen molar-refractivity contribution in [3.8, 4) is 0 Å². The zero-order valence-electron chi connectivity index (χ0n) is 7.22. The molecule has 0 heterocycles. The highest BCUT2D eigenvalue weighted by Crippen LogP contribution is 1.90. The third kappa shape index (κ3) is 7.63. The van der Waals surface area contributed by atoms with Gasteiger partial charge in [0.25, 0.3) is 0 Å². The van der Waals surface area contributed by atoms with E-state index < -0.39 is 0 Å². The zero-order valence-corrected chi connectivity index (χ0v) is 7.22. The summed E-state index contributed by atoms with van der Waals surface area (Å²) in [6, 6.07) is 0. The van der Waals surface area contributed by atoms with Crippen molar-refractivity contribution in [3.63, 3.8) is 0 Å². The number of nitrogens with zero attached hydrogens (tertiary/aromatic N) is 1. The van der Waals surface area contributed by atoms with E-state index in [-0.39, 0.29) is 0 Å². The van der Waals surface area contributed by atoms with Crippen LogP contribution in [0, 0.1) is 5.92 Å². The Kier molecular flexibility index (Phi) is 6.50. The first-order valence-corrected chi connectivity index (χ1v) is 3.90. The predicted molar refractivity (Wildman–Crippen MR) is 46.7 cm³/mol. The molecule has 10 heavy (non-hydrogen) atoms. The lowest BCUT2D eigenvalue weighted by Gasteiger charge is -1.96. The topological polar surface area (TPSA) is 24.4 Å². The highest BCUT2D eigenvalue weighted by atomic mass is 14.8. The lowest BCUT2D eigenvalue weighted by atomic mass is 10.2. The van der Waals surface area contributed by atoms with Crippen LogP contribution in [0.1, 0.15) is 20.3 Å². The molecule has 0 saturated carbocycles. The summed E-state index contributed by atoms with van der Waals surface area (Å²) in [5.74, 6) is 0.686. The molecule has 0 saturated heterocycles. The molecule has 0 aromatic rings. The molecule has 0 aliphatic carbocycles. The molecule has 0 aromatic carbocycles. The van der Waals surface area contributed by atoms with Crippen molar-refractivity contribution in [3.05, 3.63) is 0 Å². The minimum atomic E-state index is 0.686. The van der Waals surface area contributed by atoms with Gasteiger partial charge in [-0.25, -0.2) is 0 Å². The molecule has 2 nitrogen and oxygen atoms in total. The lowest BCUT2D eigenvalue weighted by Crippen LogP contribution is -2.07. The van der Waals surface area contributed by atoms with Crippen LogP contribution < -0.4 is 5.32 Å². The van der Waals surface area contributed by atoms with Gasteiger partial charge in [-0.05, 0) is 32.1 Å². The van der Waals surface area contributed by atoms with Crippen LogP contribution in [0.2, 0.25) is 0 Å². The first-order valence-electron chi connectivity index (χ1n) is 3.90. The smallest absolute Gasteiger partial charge is 0.0408 e. The molecular weight excluding hydrogens is 124 g/mol. The van der Waals surface area contributed by atoms with E-state index in [0.717, 1.165) is 19.5 Å². The van der Waals surface area contributed by atoms with Crippen molar-refractivity contribution in [1.29, 1.82) is 0 Å². The average molecular weight is 142 g/mol. The second-order valence-electron chi connectivity index (χ2n) is 2.83. The van der Waals surface area contributed by atoms with E-state index in [9.17, 15) is 0 Å². The van der Waals surface area contributed by atoms with Gasteiger partial charge in [0.05, 0.1) is 0 Å². The molecule has 0 spiro atoms. The molecule has 0 rings (SSSR count). The van der Waals surface area contributed by atoms with Gasteiger partial charge in [-0.3, -0.25) is 4.99 Å². The summed E-state index contributed by atoms with van der Waals surface area (Å²) in [7, 11) is 1.95. The highest BCUT2D eigenvalue weighted by molar-refractivity contribution is 5.57. The monoisotopic (exact) mass is 142 g/mol. The van der Waals surface area contributed by atoms with Gasteiger partial charge in [0.15, 0.2) is 0 Å². The Bertz CT molecular complexity index is 87.3. The van der Waals surface area contributed by atoms with E-state index in [1.165, 1.54) is 0 Å². The largest absolute Gasteiger partial charge is 0.319 e. The molecule has 0 aliphatic heterocycles. The molecule has 0 amide bonds. The van der Waals surface area contributed by atoms with E-state index in [1.54, 1.807) is 0 Å². The summed E-state index contributed by atoms with van der Waals surface area (Å²) in [5.41, 5.74) is 0. The van der Waals surface area contributed by atoms with Crippen LogP contribution in [0.15, 0.2) is 4.99 Å². The van der Waals surface area contributed by atoms with Crippen molar-refractivity contribution < 1.29 is 0 Å². The van der Waals surface area contributed by atoms with E-state index in [2.05, 4.69) is 24.2 Å². The average Bonchev–Trinajstić information content (AvgIpc) is 1.87. The van der Waals surface area contributed by atoms with Crippen molar-refractivity contribution in [2.75, 3.05) is 20.1 Å². The second-order valence-corrected chi connectivity index (χ2v) is 2.83. The maximum atomic E-state index is 4.24. The number of hydrogen-bond donors (Lipinski definition) is 1. The summed E-state index contributed by atoms with van der Waals surface area (Å²) >= 11 is 0. The summed E-state index contributed by atoms with van der Waals surface area (Å²) < 4.78 is 0. The van der Waals surface area contributed by atoms with Gasteiger partial charge < -0.3 is 5.32 Å². The maximum absolute atomic E-state index is 4.24. The Balaban J connectivity index is 3.04. The van der Waals surface area contributed by atoms with Crippen LogP contribution in [0.4, 0.5) is 0 Å². The molecule has 0 bridgehead atoms. The van der Waals surface area contributed by atoms with Gasteiger partial charge in [0.2, 0.25) is 0 Å². The van der Waals surface area contributed by atoms with Crippen LogP contribution >= 0.6 is 0 Å². The van der Waals surface area contributed by atoms with Crippen molar-refractivity contribution in [2.24, 2.45) is 10.9 Å². The molecule has 60 valence electrons. The van der Waals surface area contributed by atoms with Crippen LogP contribution in [-0.2, 0) is 0 Å². The van der Waals surface area contributed by atoms with Crippen molar-refractivity contribution in [1.82, 2.24) is 5.32 Å². The Morgan fingerprint density at radius 2 is 2.20 bits per heavy atom. The van der Waals surface area contributed by atoms with Gasteiger partial charge in [-0.2, -0.15) is 0 Å². The summed E-state index contributed by atoms with van der Waals surface area (Å²) in [6.07, 6.45) is 3.04. The fourth-order valence-corrected chi connectivity index (χ4v) is 0.586. The highest BCUT2D eigenvalue weighted by Gasteiger charge is 1.86. The van der Waals surface area contributed by atoms with Gasteiger partial charge in [-0.15, -0.1) is 0 Å². The zero-order chi connectivity index (χ0) is 7.82. The Hall–Kier alpha value is -0.370. The van der Waals surface area contributed by atoms with Crippen molar-refractivity contribution >= 4 is 6.21 Å². The standard InChI is InChI=1S/C8H18N2/c1-8(2)7-10-6-4-5-9-3/h6,8-9H,4-5,7H2,1-3H3. The van der Waals surface area contributed by atoms with Gasteiger partial charge in [-0.1, -0.05) is 13.8 Å². The van der Waals surface area contributed by atoms with Gasteiger partial charge in [0.1, 0.15) is 0 Å². The Morgan fingerprint density at radius 3 is 2.70 bits per heavy atom. The van der Waals surface area contributed by atoms with E-state index in [1.807, 2.05) is 13.3 Å². The van der Waals surface area contributed by atoms with Crippen LogP contribution in [-0.4, -0.2) is 26.4 Å². The molecule has 0 unspecified atom stereocenters. The first-order chi connectivity index (χ1) is 4.77. The van der Waals surface area contributed by atoms with Gasteiger partial charge in [0, 0.05) is 6.54 Å². The fourth-order valence-electron chi connectivity index (χ4n) is 0.586. The fraction of sp³-hybridized carbons (Fsp3) is 0.875. The third-order valence-corrected chi connectivity index (χ3v) is 1.12. The molecule has 0 atom stereocenters. The predicted octanol–water partition coefficient (Wildman–Crippen LogP) is 1.32. The number of hydrogen-bond acceptors (Lipinski definition) is 2. The molecule has 1 N–H and O–H groups in total. The summed E-state index contributed by atoms with van der Waals surface area (Å²) in [5, 5.41) is 3.06. The second kappa shape index (κ2) is 6.75. The molecule has 0 fully saturated rings. The van der Waals surface area contributed by atoms with Gasteiger partial charge >= 0.3 is 0 Å². The van der Waals surface area contributed by atoms with E-state index in [4.69, 9.17) is 0 Å². The SMILES string of the molecule is CNCCC=NCC(C)C. The molecule has 0 aromatic heterocycles. The number of rotatable bonds is 5. The van der Waals surface area contributed by atoms with Crippen LogP contribution in [0.25, 0.3) is 0 Å². The Labute approximate surface area is 63.7 Å². The van der Waals surface area contributed by atoms with E-state index in [0.29, 0.717) is 5.92 Å². The third-order valence-electron chi connectivity index (χ3n) is 1.12. The number of nitrogens with one attached hydrogen (secondary N) is 1. The molecular formula is C8H18N2. The molecule has 0 radical (unpaired) electrons. The summed E-state index contributed by atoms with van der Waals surface area (Å²) in [6.45, 7) is 6.34. The Morgan fingerprint density at radius 1 is 1.50 bits per heavy atom. The maximum Gasteiger partial charge on any atom is 0.0408 e. The van der Waals surface area contributed by atoms with Crippen molar-refractivity contribution in [2.45, 2.75) is 20.3 Å². The molecule has 2 heteroatoms. The van der Waals surface area contributed by atoms with Crippen LogP contribution in [0.3, 0.4) is 0 Å². The molecule has 0 aliphatic rings. The lowest BCUT2D eigenvalue weighted by molar-refractivity contribution is 0.665. The van der Waals surface area contributed by atoms with Crippen LogP contribution in [0.5, 0.6) is 0 Å².